The van der Waals surface area contributed by atoms with E-state index in [-0.39, 0.29) is 43.5 Å². The van der Waals surface area contributed by atoms with Gasteiger partial charge in [0.1, 0.15) is 6.61 Å². The summed E-state index contributed by atoms with van der Waals surface area (Å²) in [5, 5.41) is 5.69. The number of nitrogens with one attached hydrogen (secondary N) is 10. The van der Waals surface area contributed by atoms with E-state index in [0.29, 0.717) is 70.3 Å². The van der Waals surface area contributed by atoms with Gasteiger partial charge >= 0.3 is 6.09 Å². The van der Waals surface area contributed by atoms with Crippen LogP contribution in [-0.2, 0) is 33.3 Å². The number of halogens is 1. The summed E-state index contributed by atoms with van der Waals surface area (Å²) in [6.07, 6.45) is 2.24. The number of hydrogen-bond acceptors (Lipinski definition) is 16. The second kappa shape index (κ2) is 26.6. The summed E-state index contributed by atoms with van der Waals surface area (Å²) in [5.41, 5.74) is 20.9. The number of carbonyl (C=O) groups is 4. The number of hydrogen-bond donors (Lipinski definition) is 10. The van der Waals surface area contributed by atoms with Crippen molar-refractivity contribution in [3.05, 3.63) is 53.1 Å². The van der Waals surface area contributed by atoms with Crippen molar-refractivity contribution in [1.82, 2.24) is 49.6 Å². The summed E-state index contributed by atoms with van der Waals surface area (Å²) in [6, 6.07) is 10.9. The highest BCUT2D eigenvalue weighted by Gasteiger charge is 2.33. The van der Waals surface area contributed by atoms with Crippen molar-refractivity contribution in [3.8, 4) is 11.1 Å². The normalized spacial score (nSPS) is 12.9. The molecule has 20 heteroatoms. The molecule has 0 spiro atoms. The molecule has 3 amide bonds. The Hall–Kier alpha value is -4.19. The first-order valence-electron chi connectivity index (χ1n) is 17.7. The Balaban J connectivity index is 1.62. The predicted molar refractivity (Wildman–Crippen MR) is 195 cm³/mol. The molecule has 0 saturated heterocycles. The number of anilines is 1. The summed E-state index contributed by atoms with van der Waals surface area (Å²) >= 11 is 0. The summed E-state index contributed by atoms with van der Waals surface area (Å²) in [5.74, 6) is -0.930. The fourth-order valence-electron chi connectivity index (χ4n) is 5.59. The van der Waals surface area contributed by atoms with Crippen molar-refractivity contribution in [2.45, 2.75) is 50.9 Å². The molecule has 0 aromatic heterocycles. The first-order chi connectivity index (χ1) is 26.4. The fraction of sp³-hybridized carbons (Fsp3) is 0.529. The van der Waals surface area contributed by atoms with E-state index >= 15 is 0 Å². The van der Waals surface area contributed by atoms with Crippen LogP contribution in [0, 0.1) is 0 Å². The van der Waals surface area contributed by atoms with Crippen molar-refractivity contribution in [2.24, 2.45) is 0 Å². The minimum absolute atomic E-state index is 0.0445. The van der Waals surface area contributed by atoms with Crippen LogP contribution in [0.1, 0.15) is 72.3 Å². The van der Waals surface area contributed by atoms with Crippen molar-refractivity contribution < 1.29 is 47.3 Å². The quantitative estimate of drug-likeness (QED) is 0.0233. The van der Waals surface area contributed by atoms with Crippen LogP contribution in [0.4, 0.5) is 15.0 Å². The Labute approximate surface area is 313 Å². The summed E-state index contributed by atoms with van der Waals surface area (Å²) < 4.78 is 38.4. The van der Waals surface area contributed by atoms with Gasteiger partial charge in [0.05, 0.1) is 6.61 Å². The van der Waals surface area contributed by atoms with Gasteiger partial charge in [0.15, 0.2) is 5.78 Å². The zero-order chi connectivity index (χ0) is 38.8. The average molecular weight is 765 g/mol. The molecule has 1 unspecified atom stereocenters. The van der Waals surface area contributed by atoms with E-state index in [1.807, 2.05) is 23.7 Å². The molecule has 0 saturated carbocycles. The van der Waals surface area contributed by atoms with E-state index in [0.717, 1.165) is 40.7 Å². The van der Waals surface area contributed by atoms with Crippen LogP contribution in [0.15, 0.2) is 36.4 Å². The van der Waals surface area contributed by atoms with Gasteiger partial charge in [0.25, 0.3) is 0 Å². The Morgan fingerprint density at radius 3 is 2.13 bits per heavy atom. The number of carbonyl (C=O) groups excluding carboxylic acids is 4. The van der Waals surface area contributed by atoms with Crippen LogP contribution in [0.5, 0.6) is 0 Å². The molecule has 19 nitrogen and oxygen atoms in total. The monoisotopic (exact) mass is 764 g/mol. The van der Waals surface area contributed by atoms with Crippen molar-refractivity contribution >= 4 is 29.4 Å². The van der Waals surface area contributed by atoms with Crippen molar-refractivity contribution in [3.63, 3.8) is 0 Å². The maximum atomic E-state index is 13.5. The number of ketones is 1. The molecule has 0 fully saturated rings. The third-order valence-corrected chi connectivity index (χ3v) is 8.00. The average Bonchev–Trinajstić information content (AvgIpc) is 3.48. The number of Topliss-reactive ketones (excluding diaryl/α,β-unsaturated/α-hetero) is 1. The van der Waals surface area contributed by atoms with Crippen LogP contribution >= 0.6 is 0 Å². The lowest BCUT2D eigenvalue weighted by molar-refractivity contribution is -0.121. The minimum Gasteiger partial charge on any atom is -0.448 e. The minimum atomic E-state index is -0.823. The largest absolute Gasteiger partial charge is 0.448 e. The molecule has 0 radical (unpaired) electrons. The molecule has 10 N–H and O–H groups in total. The van der Waals surface area contributed by atoms with Crippen LogP contribution in [0.3, 0.4) is 0 Å². The molecule has 1 aliphatic carbocycles. The number of amides is 3. The van der Waals surface area contributed by atoms with Gasteiger partial charge in [-0.2, -0.15) is 33.2 Å². The van der Waals surface area contributed by atoms with Gasteiger partial charge in [-0.1, -0.05) is 29.9 Å². The third kappa shape index (κ3) is 16.0. The third-order valence-electron chi connectivity index (χ3n) is 8.00. The molecule has 300 valence electrons. The van der Waals surface area contributed by atoms with E-state index in [1.54, 1.807) is 32.4 Å². The molecule has 54 heavy (non-hydrogen) atoms. The van der Waals surface area contributed by atoms with E-state index in [9.17, 15) is 23.7 Å². The van der Waals surface area contributed by atoms with Crippen molar-refractivity contribution in [2.75, 3.05) is 72.3 Å². The summed E-state index contributed by atoms with van der Waals surface area (Å²) in [4.78, 5) is 51.1. The number of methoxy groups -OCH3 is 2. The van der Waals surface area contributed by atoms with Gasteiger partial charge in [-0.05, 0) is 60.1 Å². The SMILES string of the molecule is COCCCOCCCC(=O)c1cccc2c1-c1ccc(NC(=O)CCCC(=O)NCCOCCCOC)cc1C2COC(=O)NNNNNNNNF. The topological polar surface area (TPSA) is 235 Å². The fourth-order valence-corrected chi connectivity index (χ4v) is 5.59. The van der Waals surface area contributed by atoms with Crippen LogP contribution < -0.4 is 54.9 Å². The Morgan fingerprint density at radius 1 is 0.704 bits per heavy atom. The molecular weight excluding hydrogens is 711 g/mol. The van der Waals surface area contributed by atoms with Crippen LogP contribution in [0.25, 0.3) is 11.1 Å². The zero-order valence-corrected chi connectivity index (χ0v) is 30.7. The molecule has 2 aromatic rings. The number of fused-ring (bicyclic) bond motifs is 3. The molecule has 0 aliphatic heterocycles. The molecular formula is C34H53FN10O9. The molecule has 0 bridgehead atoms. The molecule has 1 aliphatic rings. The van der Waals surface area contributed by atoms with E-state index < -0.39 is 12.0 Å². The highest BCUT2D eigenvalue weighted by Crippen LogP contribution is 2.47. The Morgan fingerprint density at radius 2 is 1.39 bits per heavy atom. The lowest BCUT2D eigenvalue weighted by atomic mass is 9.93. The molecule has 1 atom stereocenters. The van der Waals surface area contributed by atoms with E-state index in [1.165, 1.54) is 0 Å². The summed E-state index contributed by atoms with van der Waals surface area (Å²) in [6.45, 7) is 3.47. The smallest absolute Gasteiger partial charge is 0.422 e. The second-order valence-electron chi connectivity index (χ2n) is 11.9. The van der Waals surface area contributed by atoms with Gasteiger partial charge < -0.3 is 34.3 Å². The first-order valence-corrected chi connectivity index (χ1v) is 17.7. The Bertz CT molecular complexity index is 1460. The van der Waals surface area contributed by atoms with Gasteiger partial charge in [-0.15, -0.1) is 4.48 Å². The lowest BCUT2D eigenvalue weighted by Gasteiger charge is -2.16. The highest BCUT2D eigenvalue weighted by atomic mass is 19.2. The van der Waals surface area contributed by atoms with Crippen LogP contribution in [-0.4, -0.2) is 90.7 Å². The van der Waals surface area contributed by atoms with Gasteiger partial charge in [-0.25, -0.2) is 10.2 Å². The summed E-state index contributed by atoms with van der Waals surface area (Å²) in [7, 11) is 3.26. The highest BCUT2D eigenvalue weighted by molar-refractivity contribution is 6.05. The van der Waals surface area contributed by atoms with Gasteiger partial charge in [0.2, 0.25) is 11.8 Å². The van der Waals surface area contributed by atoms with Gasteiger partial charge in [-0.3, -0.25) is 14.4 Å². The number of ether oxygens (including phenoxy) is 5. The molecule has 3 rings (SSSR count). The Kier molecular flexibility index (Phi) is 21.7. The first kappa shape index (κ1) is 44.2. The van der Waals surface area contributed by atoms with Gasteiger partial charge in [0, 0.05) is 90.2 Å². The maximum Gasteiger partial charge on any atom is 0.422 e. The number of rotatable bonds is 30. The predicted octanol–water partition coefficient (Wildman–Crippen LogP) is 1.24. The van der Waals surface area contributed by atoms with Crippen molar-refractivity contribution in [1.29, 1.82) is 0 Å². The molecule has 2 aromatic carbocycles. The van der Waals surface area contributed by atoms with E-state index in [2.05, 4.69) is 43.7 Å². The van der Waals surface area contributed by atoms with Crippen LogP contribution in [0.2, 0.25) is 0 Å². The molecule has 0 heterocycles. The number of hydrazine groups is 7. The zero-order valence-electron chi connectivity index (χ0n) is 30.7. The number of benzene rings is 2. The lowest BCUT2D eigenvalue weighted by Crippen LogP contribution is -2.62. The second-order valence-corrected chi connectivity index (χ2v) is 11.9. The van der Waals surface area contributed by atoms with E-state index in [4.69, 9.17) is 23.7 Å². The standard InChI is InChI=1S/C34H53FN10O9/c1-50-16-6-19-52-18-5-10-30(46)27-9-3-8-25-29(23-54-34(49)38-40-42-44-45-43-41-39-35)28-22-24(13-14-26(28)33(25)27)37-32(48)12-4-11-31(47)36-15-21-53-20-7-17-51-2/h3,8-9,13-14,22,29,39-45H,4-7,10-12,15-21,23H2,1-2H3,(H,36,47)(H,37,48)(H,38,49). The maximum absolute atomic E-state index is 13.5.